The van der Waals surface area contributed by atoms with Crippen molar-refractivity contribution in [2.45, 2.75) is 32.1 Å². The highest BCUT2D eigenvalue weighted by Gasteiger charge is 2.30. The van der Waals surface area contributed by atoms with Gasteiger partial charge >= 0.3 is 0 Å². The van der Waals surface area contributed by atoms with Gasteiger partial charge in [-0.05, 0) is 29.8 Å². The van der Waals surface area contributed by atoms with Crippen LogP contribution in [-0.2, 0) is 4.79 Å². The number of ketones is 1. The molecule has 0 radical (unpaired) electrons. The van der Waals surface area contributed by atoms with Crippen LogP contribution in [0, 0.1) is 5.92 Å². The van der Waals surface area contributed by atoms with Crippen LogP contribution in [0.1, 0.15) is 37.7 Å². The van der Waals surface area contributed by atoms with Crippen LogP contribution in [0.3, 0.4) is 0 Å². The summed E-state index contributed by atoms with van der Waals surface area (Å²) in [4.78, 5) is 11.5. The summed E-state index contributed by atoms with van der Waals surface area (Å²) in [6.45, 7) is 2.20. The third-order valence-corrected chi connectivity index (χ3v) is 3.80. The highest BCUT2D eigenvalue weighted by molar-refractivity contribution is 7.03. The third kappa shape index (κ3) is 2.04. The maximum absolute atomic E-state index is 11.5. The van der Waals surface area contributed by atoms with Crippen LogP contribution in [0.15, 0.2) is 5.38 Å². The van der Waals surface area contributed by atoms with Crippen molar-refractivity contribution in [3.63, 3.8) is 0 Å². The van der Waals surface area contributed by atoms with E-state index >= 15 is 0 Å². The molecule has 1 aliphatic carbocycles. The molecule has 0 N–H and O–H groups in total. The van der Waals surface area contributed by atoms with Crippen LogP contribution in [0.4, 0.5) is 0 Å². The fourth-order valence-corrected chi connectivity index (χ4v) is 2.91. The molecule has 0 amide bonds. The van der Waals surface area contributed by atoms with Gasteiger partial charge in [0, 0.05) is 23.8 Å². The number of nitrogens with zero attached hydrogens (tertiary/aromatic N) is 1. The minimum Gasteiger partial charge on any atom is -0.480 e. The van der Waals surface area contributed by atoms with Crippen LogP contribution in [0.25, 0.3) is 0 Å². The zero-order valence-corrected chi connectivity index (χ0v) is 9.84. The van der Waals surface area contributed by atoms with Crippen LogP contribution in [-0.4, -0.2) is 17.3 Å². The lowest BCUT2D eigenvalue weighted by Gasteiger charge is -2.27. The summed E-state index contributed by atoms with van der Waals surface area (Å²) in [5.41, 5.74) is 1.11. The van der Waals surface area contributed by atoms with Crippen LogP contribution in [0.5, 0.6) is 5.88 Å². The van der Waals surface area contributed by atoms with Gasteiger partial charge in [-0.2, -0.15) is 4.37 Å². The first-order chi connectivity index (χ1) is 7.22. The number of hydrogen-bond acceptors (Lipinski definition) is 4. The standard InChI is InChI=1S/C11H15NO2S/c1-7-3-4-8(13)5-9(7)10-6-15-12-11(10)14-2/h6-7,9H,3-5H2,1-2H3. The maximum Gasteiger partial charge on any atom is 0.228 e. The van der Waals surface area contributed by atoms with E-state index < -0.39 is 0 Å². The minimum atomic E-state index is 0.306. The molecule has 82 valence electrons. The lowest BCUT2D eigenvalue weighted by atomic mass is 9.77. The number of carbonyl (C=O) groups excluding carboxylic acids is 1. The molecule has 2 unspecified atom stereocenters. The van der Waals surface area contributed by atoms with Crippen molar-refractivity contribution in [1.82, 2.24) is 4.37 Å². The van der Waals surface area contributed by atoms with Gasteiger partial charge in [0.15, 0.2) is 0 Å². The molecule has 1 aromatic rings. The molecule has 1 saturated carbocycles. The lowest BCUT2D eigenvalue weighted by Crippen LogP contribution is -2.21. The van der Waals surface area contributed by atoms with E-state index in [2.05, 4.69) is 11.3 Å². The molecule has 15 heavy (non-hydrogen) atoms. The molecule has 2 atom stereocenters. The van der Waals surface area contributed by atoms with Gasteiger partial charge in [0.2, 0.25) is 5.88 Å². The summed E-state index contributed by atoms with van der Waals surface area (Å²) in [6, 6.07) is 0. The molecular weight excluding hydrogens is 210 g/mol. The summed E-state index contributed by atoms with van der Waals surface area (Å²) in [7, 11) is 1.63. The van der Waals surface area contributed by atoms with Gasteiger partial charge in [-0.25, -0.2) is 0 Å². The van der Waals surface area contributed by atoms with E-state index in [4.69, 9.17) is 4.74 Å². The summed E-state index contributed by atoms with van der Waals surface area (Å²) in [6.07, 6.45) is 2.37. The van der Waals surface area contributed by atoms with Crippen molar-refractivity contribution >= 4 is 17.3 Å². The van der Waals surface area contributed by atoms with E-state index in [1.807, 2.05) is 5.38 Å². The molecule has 1 aliphatic rings. The average molecular weight is 225 g/mol. The fourth-order valence-electron chi connectivity index (χ4n) is 2.19. The Labute approximate surface area is 93.6 Å². The molecule has 2 rings (SSSR count). The second-order valence-corrected chi connectivity index (χ2v) is 4.77. The normalized spacial score (nSPS) is 26.7. The van der Waals surface area contributed by atoms with Gasteiger partial charge in [0.05, 0.1) is 7.11 Å². The predicted molar refractivity (Wildman–Crippen MR) is 59.4 cm³/mol. The topological polar surface area (TPSA) is 39.2 Å². The SMILES string of the molecule is COc1nscc1C1CC(=O)CCC1C. The predicted octanol–water partition coefficient (Wildman–Crippen LogP) is 2.62. The van der Waals surface area contributed by atoms with E-state index in [1.54, 1.807) is 7.11 Å². The zero-order chi connectivity index (χ0) is 10.8. The van der Waals surface area contributed by atoms with Crippen LogP contribution < -0.4 is 4.74 Å². The number of Topliss-reactive ketones (excluding diaryl/α,β-unsaturated/α-hetero) is 1. The zero-order valence-electron chi connectivity index (χ0n) is 9.03. The minimum absolute atomic E-state index is 0.306. The molecule has 1 aromatic heterocycles. The van der Waals surface area contributed by atoms with Crippen molar-refractivity contribution in [2.24, 2.45) is 5.92 Å². The highest BCUT2D eigenvalue weighted by atomic mass is 32.1. The van der Waals surface area contributed by atoms with Crippen molar-refractivity contribution in [1.29, 1.82) is 0 Å². The molecule has 0 aromatic carbocycles. The van der Waals surface area contributed by atoms with E-state index in [0.29, 0.717) is 29.9 Å². The molecule has 3 nitrogen and oxygen atoms in total. The monoisotopic (exact) mass is 225 g/mol. The molecule has 0 aliphatic heterocycles. The van der Waals surface area contributed by atoms with E-state index in [0.717, 1.165) is 18.4 Å². The van der Waals surface area contributed by atoms with Gasteiger partial charge in [-0.3, -0.25) is 4.79 Å². The average Bonchev–Trinajstić information content (AvgIpc) is 2.69. The number of aromatic nitrogens is 1. The molecule has 1 fully saturated rings. The Bertz CT molecular complexity index is 361. The molecule has 4 heteroatoms. The van der Waals surface area contributed by atoms with Crippen molar-refractivity contribution < 1.29 is 9.53 Å². The summed E-state index contributed by atoms with van der Waals surface area (Å²) < 4.78 is 9.39. The number of ether oxygens (including phenoxy) is 1. The third-order valence-electron chi connectivity index (χ3n) is 3.17. The van der Waals surface area contributed by atoms with Crippen LogP contribution >= 0.6 is 11.5 Å². The van der Waals surface area contributed by atoms with Gasteiger partial charge in [0.25, 0.3) is 0 Å². The first-order valence-electron chi connectivity index (χ1n) is 5.22. The Morgan fingerprint density at radius 1 is 1.60 bits per heavy atom. The second-order valence-electron chi connectivity index (χ2n) is 4.14. The number of rotatable bonds is 2. The first kappa shape index (κ1) is 10.6. The van der Waals surface area contributed by atoms with Crippen molar-refractivity contribution in [2.75, 3.05) is 7.11 Å². The van der Waals surface area contributed by atoms with E-state index in [1.165, 1.54) is 11.5 Å². The molecule has 0 bridgehead atoms. The van der Waals surface area contributed by atoms with Crippen LogP contribution in [0.2, 0.25) is 0 Å². The maximum atomic E-state index is 11.5. The summed E-state index contributed by atoms with van der Waals surface area (Å²) >= 11 is 1.40. The fraction of sp³-hybridized carbons (Fsp3) is 0.636. The number of carbonyl (C=O) groups is 1. The van der Waals surface area contributed by atoms with Gasteiger partial charge in [-0.1, -0.05) is 6.92 Å². The molecular formula is C11H15NO2S. The highest BCUT2D eigenvalue weighted by Crippen LogP contribution is 2.40. The number of hydrogen-bond donors (Lipinski definition) is 0. The molecule has 0 saturated heterocycles. The van der Waals surface area contributed by atoms with Crippen molar-refractivity contribution in [3.8, 4) is 5.88 Å². The first-order valence-corrected chi connectivity index (χ1v) is 6.06. The Balaban J connectivity index is 2.24. The van der Waals surface area contributed by atoms with Crippen molar-refractivity contribution in [3.05, 3.63) is 10.9 Å². The Kier molecular flexibility index (Phi) is 3.05. The van der Waals surface area contributed by atoms with Gasteiger partial charge in [0.1, 0.15) is 5.78 Å². The van der Waals surface area contributed by atoms with E-state index in [9.17, 15) is 4.79 Å². The quantitative estimate of drug-likeness (QED) is 0.776. The number of methoxy groups -OCH3 is 1. The molecule has 1 heterocycles. The largest absolute Gasteiger partial charge is 0.480 e. The van der Waals surface area contributed by atoms with Gasteiger partial charge in [-0.15, -0.1) is 0 Å². The van der Waals surface area contributed by atoms with E-state index in [-0.39, 0.29) is 0 Å². The second kappa shape index (κ2) is 4.31. The summed E-state index contributed by atoms with van der Waals surface area (Å²) in [5, 5.41) is 2.01. The Hall–Kier alpha value is -0.900. The van der Waals surface area contributed by atoms with Gasteiger partial charge < -0.3 is 4.74 Å². The molecule has 0 spiro atoms. The Morgan fingerprint density at radius 3 is 3.13 bits per heavy atom. The smallest absolute Gasteiger partial charge is 0.228 e. The lowest BCUT2D eigenvalue weighted by molar-refractivity contribution is -0.121. The Morgan fingerprint density at radius 2 is 2.40 bits per heavy atom. The summed E-state index contributed by atoms with van der Waals surface area (Å²) in [5.74, 6) is 1.92.